The van der Waals surface area contributed by atoms with Crippen molar-refractivity contribution in [2.24, 2.45) is 0 Å². The average Bonchev–Trinajstić information content (AvgIpc) is 2.40. The van der Waals surface area contributed by atoms with Crippen LogP contribution in [0.4, 0.5) is 0 Å². The summed E-state index contributed by atoms with van der Waals surface area (Å²) in [6, 6.07) is 8.69. The summed E-state index contributed by atoms with van der Waals surface area (Å²) in [6.45, 7) is 9.56. The molecule has 0 radical (unpaired) electrons. The van der Waals surface area contributed by atoms with Crippen LogP contribution in [-0.4, -0.2) is 38.2 Å². The molecule has 0 saturated heterocycles. The van der Waals surface area contributed by atoms with E-state index in [9.17, 15) is 0 Å². The molecule has 0 amide bonds. The highest BCUT2D eigenvalue weighted by Gasteiger charge is 2.08. The number of hydrogen-bond donors (Lipinski definition) is 1. The quantitative estimate of drug-likeness (QED) is 0.559. The van der Waals surface area contributed by atoms with Crippen LogP contribution in [0.25, 0.3) is 0 Å². The fourth-order valence-electron chi connectivity index (χ4n) is 1.58. The van der Waals surface area contributed by atoms with E-state index in [4.69, 9.17) is 9.47 Å². The van der Waals surface area contributed by atoms with E-state index in [-0.39, 0.29) is 5.54 Å². The third-order valence-corrected chi connectivity index (χ3v) is 3.61. The van der Waals surface area contributed by atoms with Crippen LogP contribution in [-0.2, 0) is 16.0 Å². The normalized spacial score (nSPS) is 11.8. The monoisotopic (exact) mass is 297 g/mol. The third-order valence-electron chi connectivity index (χ3n) is 2.65. The number of benzene rings is 1. The molecule has 0 unspecified atom stereocenters. The molecule has 0 aliphatic heterocycles. The lowest BCUT2D eigenvalue weighted by molar-refractivity contribution is 0.0790. The minimum absolute atomic E-state index is 0.151. The van der Waals surface area contributed by atoms with Gasteiger partial charge in [-0.3, -0.25) is 0 Å². The lowest BCUT2D eigenvalue weighted by Crippen LogP contribution is -2.35. The van der Waals surface area contributed by atoms with E-state index in [1.54, 1.807) is 7.11 Å². The van der Waals surface area contributed by atoms with Gasteiger partial charge in [-0.2, -0.15) is 0 Å². The van der Waals surface area contributed by atoms with Crippen molar-refractivity contribution in [2.45, 2.75) is 37.8 Å². The van der Waals surface area contributed by atoms with Crippen LogP contribution in [0.2, 0.25) is 0 Å². The zero-order chi connectivity index (χ0) is 14.8. The lowest BCUT2D eigenvalue weighted by Gasteiger charge is -2.20. The molecule has 0 aliphatic rings. The predicted octanol–water partition coefficient (Wildman–Crippen LogP) is 3.33. The molecule has 1 rings (SSSR count). The molecule has 0 fully saturated rings. The first-order valence-electron chi connectivity index (χ1n) is 7.05. The Kier molecular flexibility index (Phi) is 8.22. The highest BCUT2D eigenvalue weighted by atomic mass is 32.2. The van der Waals surface area contributed by atoms with Crippen molar-refractivity contribution in [3.8, 4) is 0 Å². The Labute approximate surface area is 127 Å². The second kappa shape index (κ2) is 9.40. The van der Waals surface area contributed by atoms with Crippen LogP contribution in [0.1, 0.15) is 26.3 Å². The Morgan fingerprint density at radius 2 is 1.95 bits per heavy atom. The van der Waals surface area contributed by atoms with Crippen molar-refractivity contribution >= 4 is 11.8 Å². The highest BCUT2D eigenvalue weighted by Crippen LogP contribution is 2.19. The molecule has 0 atom stereocenters. The van der Waals surface area contributed by atoms with Gasteiger partial charge in [0.05, 0.1) is 19.8 Å². The summed E-state index contributed by atoms with van der Waals surface area (Å²) in [5.41, 5.74) is 1.48. The topological polar surface area (TPSA) is 30.5 Å². The molecule has 3 nitrogen and oxygen atoms in total. The fraction of sp³-hybridized carbons (Fsp3) is 0.625. The zero-order valence-electron chi connectivity index (χ0n) is 13.1. The molecule has 1 N–H and O–H groups in total. The van der Waals surface area contributed by atoms with Crippen LogP contribution in [0.15, 0.2) is 29.2 Å². The molecule has 4 heteroatoms. The number of rotatable bonds is 9. The Balaban J connectivity index is 2.29. The van der Waals surface area contributed by atoms with Crippen LogP contribution in [0, 0.1) is 0 Å². The molecule has 20 heavy (non-hydrogen) atoms. The maximum absolute atomic E-state index is 5.46. The van der Waals surface area contributed by atoms with Gasteiger partial charge in [-0.15, -0.1) is 11.8 Å². The molecule has 1 aromatic carbocycles. The molecule has 0 heterocycles. The molecular formula is C16H27NO2S. The SMILES string of the molecule is COCCOCCSc1cccc(CNC(C)(C)C)c1. The molecular weight excluding hydrogens is 270 g/mol. The summed E-state index contributed by atoms with van der Waals surface area (Å²) in [4.78, 5) is 1.30. The van der Waals surface area contributed by atoms with Gasteiger partial charge in [0.1, 0.15) is 0 Å². The molecule has 0 aromatic heterocycles. The molecule has 1 aromatic rings. The van der Waals surface area contributed by atoms with Crippen LogP contribution >= 0.6 is 11.8 Å². The summed E-state index contributed by atoms with van der Waals surface area (Å²) in [5, 5.41) is 3.51. The number of hydrogen-bond acceptors (Lipinski definition) is 4. The van der Waals surface area contributed by atoms with Crippen molar-refractivity contribution in [1.29, 1.82) is 0 Å². The van der Waals surface area contributed by atoms with Gasteiger partial charge in [0.15, 0.2) is 0 Å². The molecule has 0 spiro atoms. The van der Waals surface area contributed by atoms with E-state index in [1.165, 1.54) is 10.5 Å². The number of nitrogens with one attached hydrogen (secondary N) is 1. The van der Waals surface area contributed by atoms with Crippen molar-refractivity contribution in [3.05, 3.63) is 29.8 Å². The van der Waals surface area contributed by atoms with Crippen LogP contribution < -0.4 is 5.32 Å². The summed E-state index contributed by atoms with van der Waals surface area (Å²) in [5.74, 6) is 0.972. The van der Waals surface area contributed by atoms with Gasteiger partial charge in [-0.25, -0.2) is 0 Å². The van der Waals surface area contributed by atoms with E-state index in [0.29, 0.717) is 13.2 Å². The van der Waals surface area contributed by atoms with Crippen molar-refractivity contribution < 1.29 is 9.47 Å². The Morgan fingerprint density at radius 3 is 2.65 bits per heavy atom. The third kappa shape index (κ3) is 8.59. The zero-order valence-corrected chi connectivity index (χ0v) is 13.9. The predicted molar refractivity (Wildman–Crippen MR) is 86.5 cm³/mol. The smallest absolute Gasteiger partial charge is 0.0700 e. The van der Waals surface area contributed by atoms with E-state index in [1.807, 2.05) is 11.8 Å². The van der Waals surface area contributed by atoms with E-state index >= 15 is 0 Å². The van der Waals surface area contributed by atoms with Gasteiger partial charge in [0.25, 0.3) is 0 Å². The Bertz CT molecular complexity index is 377. The molecule has 0 bridgehead atoms. The van der Waals surface area contributed by atoms with E-state index in [2.05, 4.69) is 50.4 Å². The first-order chi connectivity index (χ1) is 9.51. The van der Waals surface area contributed by atoms with Gasteiger partial charge in [-0.05, 0) is 38.5 Å². The minimum atomic E-state index is 0.151. The number of thioether (sulfide) groups is 1. The summed E-state index contributed by atoms with van der Waals surface area (Å²) in [6.07, 6.45) is 0. The van der Waals surface area contributed by atoms with Gasteiger partial charge in [0.2, 0.25) is 0 Å². The average molecular weight is 297 g/mol. The van der Waals surface area contributed by atoms with Crippen molar-refractivity contribution in [3.63, 3.8) is 0 Å². The van der Waals surface area contributed by atoms with Gasteiger partial charge in [0, 0.05) is 29.8 Å². The number of ether oxygens (including phenoxy) is 2. The van der Waals surface area contributed by atoms with Gasteiger partial charge in [-0.1, -0.05) is 12.1 Å². The van der Waals surface area contributed by atoms with Crippen molar-refractivity contribution in [1.82, 2.24) is 5.32 Å². The standard InChI is InChI=1S/C16H27NO2S/c1-16(2,3)17-13-14-6-5-7-15(12-14)20-11-10-19-9-8-18-4/h5-7,12,17H,8-11,13H2,1-4H3. The largest absolute Gasteiger partial charge is 0.382 e. The number of methoxy groups -OCH3 is 1. The summed E-state index contributed by atoms with van der Waals surface area (Å²) in [7, 11) is 1.69. The molecule has 114 valence electrons. The Morgan fingerprint density at radius 1 is 1.15 bits per heavy atom. The highest BCUT2D eigenvalue weighted by molar-refractivity contribution is 7.99. The summed E-state index contributed by atoms with van der Waals surface area (Å²) >= 11 is 1.83. The molecule has 0 aliphatic carbocycles. The molecule has 0 saturated carbocycles. The maximum Gasteiger partial charge on any atom is 0.0700 e. The van der Waals surface area contributed by atoms with E-state index in [0.717, 1.165) is 18.9 Å². The second-order valence-electron chi connectivity index (χ2n) is 5.70. The van der Waals surface area contributed by atoms with Gasteiger partial charge >= 0.3 is 0 Å². The lowest BCUT2D eigenvalue weighted by atomic mass is 10.1. The first-order valence-corrected chi connectivity index (χ1v) is 8.03. The summed E-state index contributed by atoms with van der Waals surface area (Å²) < 4.78 is 10.4. The van der Waals surface area contributed by atoms with E-state index < -0.39 is 0 Å². The van der Waals surface area contributed by atoms with Crippen LogP contribution in [0.5, 0.6) is 0 Å². The minimum Gasteiger partial charge on any atom is -0.382 e. The fourth-order valence-corrected chi connectivity index (χ4v) is 2.42. The Hall–Kier alpha value is -0.550. The van der Waals surface area contributed by atoms with Gasteiger partial charge < -0.3 is 14.8 Å². The van der Waals surface area contributed by atoms with Crippen LogP contribution in [0.3, 0.4) is 0 Å². The van der Waals surface area contributed by atoms with Crippen molar-refractivity contribution in [2.75, 3.05) is 32.7 Å². The first kappa shape index (κ1) is 17.5. The second-order valence-corrected chi connectivity index (χ2v) is 6.87. The maximum atomic E-state index is 5.46.